The lowest BCUT2D eigenvalue weighted by Gasteiger charge is -2.21. The number of pyridine rings is 1. The van der Waals surface area contributed by atoms with E-state index in [2.05, 4.69) is 47.0 Å². The zero-order valence-electron chi connectivity index (χ0n) is 12.0. The van der Waals surface area contributed by atoms with Gasteiger partial charge in [-0.25, -0.2) is 0 Å². The lowest BCUT2D eigenvalue weighted by molar-refractivity contribution is 0.413. The summed E-state index contributed by atoms with van der Waals surface area (Å²) in [5.74, 6) is 1.56. The quantitative estimate of drug-likeness (QED) is 0.892. The second-order valence-corrected chi connectivity index (χ2v) is 6.47. The Bertz CT molecular complexity index is 579. The molecule has 0 unspecified atom stereocenters. The molecule has 2 aromatic rings. The van der Waals surface area contributed by atoms with Gasteiger partial charge in [0.2, 0.25) is 0 Å². The fourth-order valence-electron chi connectivity index (χ4n) is 1.65. The number of ether oxygens (including phenoxy) is 1. The summed E-state index contributed by atoms with van der Waals surface area (Å²) in [7, 11) is 0. The summed E-state index contributed by atoms with van der Waals surface area (Å²) in [5.41, 5.74) is 1.15. The minimum absolute atomic E-state index is 0.0634. The van der Waals surface area contributed by atoms with Crippen LogP contribution >= 0.6 is 15.9 Å². The van der Waals surface area contributed by atoms with E-state index in [0.29, 0.717) is 0 Å². The van der Waals surface area contributed by atoms with Crippen molar-refractivity contribution < 1.29 is 4.74 Å². The van der Waals surface area contributed by atoms with Gasteiger partial charge in [0.05, 0.1) is 10.7 Å². The summed E-state index contributed by atoms with van der Waals surface area (Å²) >= 11 is 3.49. The van der Waals surface area contributed by atoms with Gasteiger partial charge in [-0.2, -0.15) is 0 Å². The number of nitrogens with zero attached hydrogens (tertiary/aromatic N) is 1. The van der Waals surface area contributed by atoms with Crippen LogP contribution in [-0.4, -0.2) is 10.5 Å². The van der Waals surface area contributed by atoms with Crippen molar-refractivity contribution in [2.75, 3.05) is 0 Å². The highest BCUT2D eigenvalue weighted by molar-refractivity contribution is 9.10. The minimum Gasteiger partial charge on any atom is -0.454 e. The van der Waals surface area contributed by atoms with Crippen LogP contribution in [0.5, 0.6) is 11.5 Å². The van der Waals surface area contributed by atoms with E-state index >= 15 is 0 Å². The van der Waals surface area contributed by atoms with E-state index in [4.69, 9.17) is 4.74 Å². The molecule has 1 heterocycles. The average molecular weight is 335 g/mol. The van der Waals surface area contributed by atoms with E-state index in [1.165, 1.54) is 0 Å². The highest BCUT2D eigenvalue weighted by atomic mass is 79.9. The van der Waals surface area contributed by atoms with Crippen LogP contribution in [-0.2, 0) is 6.54 Å². The van der Waals surface area contributed by atoms with Crippen molar-refractivity contribution in [2.24, 2.45) is 0 Å². The molecule has 0 saturated heterocycles. The van der Waals surface area contributed by atoms with Gasteiger partial charge >= 0.3 is 0 Å². The monoisotopic (exact) mass is 334 g/mol. The van der Waals surface area contributed by atoms with Gasteiger partial charge in [-0.1, -0.05) is 12.1 Å². The van der Waals surface area contributed by atoms with Crippen LogP contribution in [0.3, 0.4) is 0 Å². The summed E-state index contributed by atoms with van der Waals surface area (Å²) in [5, 5.41) is 3.46. The molecule has 0 saturated carbocycles. The van der Waals surface area contributed by atoms with Crippen molar-refractivity contribution in [1.29, 1.82) is 0 Å². The standard InChI is InChI=1S/C16H19BrN2O/c1-16(2,3)19-10-12-8-9-18-11-15(12)20-14-7-5-4-6-13(14)17/h4-9,11,19H,10H2,1-3H3. The molecule has 0 amide bonds. The molecule has 0 fully saturated rings. The van der Waals surface area contributed by atoms with Crippen molar-refractivity contribution in [3.05, 3.63) is 52.8 Å². The van der Waals surface area contributed by atoms with Crippen molar-refractivity contribution >= 4 is 15.9 Å². The highest BCUT2D eigenvalue weighted by Gasteiger charge is 2.12. The molecule has 20 heavy (non-hydrogen) atoms. The zero-order valence-corrected chi connectivity index (χ0v) is 13.6. The first kappa shape index (κ1) is 15.0. The molecule has 106 valence electrons. The largest absolute Gasteiger partial charge is 0.454 e. The fourth-order valence-corrected chi connectivity index (χ4v) is 2.02. The number of nitrogens with one attached hydrogen (secondary N) is 1. The molecule has 2 rings (SSSR count). The first-order valence-electron chi connectivity index (χ1n) is 6.56. The maximum absolute atomic E-state index is 5.96. The van der Waals surface area contributed by atoms with E-state index in [0.717, 1.165) is 28.1 Å². The predicted octanol–water partition coefficient (Wildman–Crippen LogP) is 4.52. The molecule has 1 N–H and O–H groups in total. The Balaban J connectivity index is 2.18. The van der Waals surface area contributed by atoms with Gasteiger partial charge < -0.3 is 10.1 Å². The number of halogens is 1. The third-order valence-electron chi connectivity index (χ3n) is 2.74. The van der Waals surface area contributed by atoms with Crippen LogP contribution in [0.4, 0.5) is 0 Å². The van der Waals surface area contributed by atoms with E-state index in [1.54, 1.807) is 12.4 Å². The summed E-state index contributed by atoms with van der Waals surface area (Å²) in [4.78, 5) is 4.15. The predicted molar refractivity (Wildman–Crippen MR) is 85.0 cm³/mol. The van der Waals surface area contributed by atoms with Crippen LogP contribution in [0.1, 0.15) is 26.3 Å². The Kier molecular flexibility index (Phi) is 4.78. The molecular weight excluding hydrogens is 316 g/mol. The number of benzene rings is 1. The van der Waals surface area contributed by atoms with Gasteiger partial charge in [-0.15, -0.1) is 0 Å². The average Bonchev–Trinajstić information content (AvgIpc) is 2.39. The van der Waals surface area contributed by atoms with E-state index in [9.17, 15) is 0 Å². The van der Waals surface area contributed by atoms with Crippen LogP contribution in [0.2, 0.25) is 0 Å². The van der Waals surface area contributed by atoms with Gasteiger partial charge in [-0.3, -0.25) is 4.98 Å². The SMILES string of the molecule is CC(C)(C)NCc1ccncc1Oc1ccccc1Br. The van der Waals surface area contributed by atoms with Gasteiger partial charge in [0.25, 0.3) is 0 Å². The van der Waals surface area contributed by atoms with Crippen LogP contribution < -0.4 is 10.1 Å². The maximum Gasteiger partial charge on any atom is 0.150 e. The molecule has 0 atom stereocenters. The molecule has 0 radical (unpaired) electrons. The molecule has 0 spiro atoms. The Morgan fingerprint density at radius 1 is 1.15 bits per heavy atom. The van der Waals surface area contributed by atoms with Crippen molar-refractivity contribution in [3.8, 4) is 11.5 Å². The van der Waals surface area contributed by atoms with E-state index in [-0.39, 0.29) is 5.54 Å². The molecule has 0 aliphatic heterocycles. The number of hydrogen-bond donors (Lipinski definition) is 1. The maximum atomic E-state index is 5.96. The Labute approximate surface area is 128 Å². The van der Waals surface area contributed by atoms with Gasteiger partial charge in [-0.05, 0) is 54.9 Å². The normalized spacial score (nSPS) is 11.4. The molecule has 0 aliphatic rings. The van der Waals surface area contributed by atoms with Crippen LogP contribution in [0, 0.1) is 0 Å². The molecule has 3 nitrogen and oxygen atoms in total. The Hall–Kier alpha value is -1.39. The van der Waals surface area contributed by atoms with Crippen LogP contribution in [0.15, 0.2) is 47.2 Å². The first-order valence-corrected chi connectivity index (χ1v) is 7.35. The summed E-state index contributed by atoms with van der Waals surface area (Å²) in [6, 6.07) is 9.77. The van der Waals surface area contributed by atoms with E-state index in [1.807, 2.05) is 30.3 Å². The van der Waals surface area contributed by atoms with Crippen molar-refractivity contribution in [2.45, 2.75) is 32.9 Å². The molecular formula is C16H19BrN2O. The minimum atomic E-state index is 0.0634. The van der Waals surface area contributed by atoms with Crippen molar-refractivity contribution in [3.63, 3.8) is 0 Å². The summed E-state index contributed by atoms with van der Waals surface area (Å²) in [6.07, 6.45) is 3.53. The zero-order chi connectivity index (χ0) is 14.6. The van der Waals surface area contributed by atoms with Gasteiger partial charge in [0.1, 0.15) is 11.5 Å². The fraction of sp³-hybridized carbons (Fsp3) is 0.312. The smallest absolute Gasteiger partial charge is 0.150 e. The van der Waals surface area contributed by atoms with Gasteiger partial charge in [0, 0.05) is 23.8 Å². The van der Waals surface area contributed by atoms with E-state index < -0.39 is 0 Å². The number of para-hydroxylation sites is 1. The molecule has 1 aromatic carbocycles. The van der Waals surface area contributed by atoms with Gasteiger partial charge in [0.15, 0.2) is 0 Å². The lowest BCUT2D eigenvalue weighted by Crippen LogP contribution is -2.35. The third-order valence-corrected chi connectivity index (χ3v) is 3.39. The second kappa shape index (κ2) is 6.37. The first-order chi connectivity index (χ1) is 9.46. The topological polar surface area (TPSA) is 34.2 Å². The molecule has 1 aromatic heterocycles. The highest BCUT2D eigenvalue weighted by Crippen LogP contribution is 2.30. The molecule has 0 bridgehead atoms. The molecule has 4 heteroatoms. The molecule has 0 aliphatic carbocycles. The Morgan fingerprint density at radius 3 is 2.60 bits per heavy atom. The number of hydrogen-bond acceptors (Lipinski definition) is 3. The summed E-state index contributed by atoms with van der Waals surface area (Å²) < 4.78 is 6.89. The number of aromatic nitrogens is 1. The summed E-state index contributed by atoms with van der Waals surface area (Å²) in [6.45, 7) is 7.17. The lowest BCUT2D eigenvalue weighted by atomic mass is 10.1. The van der Waals surface area contributed by atoms with Crippen molar-refractivity contribution in [1.82, 2.24) is 10.3 Å². The second-order valence-electron chi connectivity index (χ2n) is 5.62. The Morgan fingerprint density at radius 2 is 1.90 bits per heavy atom. The third kappa shape index (κ3) is 4.32. The van der Waals surface area contributed by atoms with Crippen LogP contribution in [0.25, 0.3) is 0 Å². The number of rotatable bonds is 4.